The third-order valence-electron chi connectivity index (χ3n) is 3.67. The van der Waals surface area contributed by atoms with Gasteiger partial charge in [0.15, 0.2) is 0 Å². The first-order valence-corrected chi connectivity index (χ1v) is 5.81. The molecule has 1 heterocycles. The van der Waals surface area contributed by atoms with Crippen LogP contribution in [0.15, 0.2) is 6.07 Å². The average Bonchev–Trinajstić information content (AvgIpc) is 2.62. The van der Waals surface area contributed by atoms with Gasteiger partial charge in [-0.3, -0.25) is 4.68 Å². The van der Waals surface area contributed by atoms with Crippen molar-refractivity contribution in [3.05, 3.63) is 17.5 Å². The van der Waals surface area contributed by atoms with E-state index in [9.17, 15) is 4.79 Å². The van der Waals surface area contributed by atoms with Crippen LogP contribution in [-0.2, 0) is 12.5 Å². The lowest BCUT2D eigenvalue weighted by Gasteiger charge is -2.31. The van der Waals surface area contributed by atoms with Crippen LogP contribution in [0.3, 0.4) is 0 Å². The molecule has 1 N–H and O–H groups in total. The lowest BCUT2D eigenvalue weighted by Crippen LogP contribution is -2.25. The van der Waals surface area contributed by atoms with Gasteiger partial charge < -0.3 is 5.11 Å². The average molecular weight is 222 g/mol. The van der Waals surface area contributed by atoms with Gasteiger partial charge in [-0.15, -0.1) is 0 Å². The molecule has 16 heavy (non-hydrogen) atoms. The van der Waals surface area contributed by atoms with Crippen LogP contribution in [0.25, 0.3) is 0 Å². The molecule has 1 fully saturated rings. The summed E-state index contributed by atoms with van der Waals surface area (Å²) in [6.45, 7) is 2.19. The molecule has 88 valence electrons. The maximum absolute atomic E-state index is 11.0. The molecule has 0 saturated heterocycles. The second kappa shape index (κ2) is 3.92. The highest BCUT2D eigenvalue weighted by atomic mass is 16.4. The topological polar surface area (TPSA) is 55.1 Å². The van der Waals surface area contributed by atoms with Crippen LogP contribution in [0, 0.1) is 0 Å². The van der Waals surface area contributed by atoms with E-state index in [-0.39, 0.29) is 11.1 Å². The van der Waals surface area contributed by atoms with E-state index in [1.807, 2.05) is 0 Å². The standard InChI is InChI=1S/C12H18N2O2/c1-12(6-4-3-5-7-12)10-8-9(11(15)16)14(2)13-10/h8H,3-7H2,1-2H3,(H,15,16). The van der Waals surface area contributed by atoms with Crippen LogP contribution in [0.2, 0.25) is 0 Å². The summed E-state index contributed by atoms with van der Waals surface area (Å²) in [4.78, 5) is 11.0. The van der Waals surface area contributed by atoms with Gasteiger partial charge in [0.25, 0.3) is 0 Å². The van der Waals surface area contributed by atoms with Gasteiger partial charge in [-0.25, -0.2) is 4.79 Å². The van der Waals surface area contributed by atoms with Crippen LogP contribution in [0.4, 0.5) is 0 Å². The first-order valence-electron chi connectivity index (χ1n) is 5.81. The second-order valence-corrected chi connectivity index (χ2v) is 4.96. The number of carboxylic acid groups (broad SMARTS) is 1. The van der Waals surface area contributed by atoms with E-state index < -0.39 is 5.97 Å². The van der Waals surface area contributed by atoms with E-state index in [0.717, 1.165) is 18.5 Å². The first kappa shape index (κ1) is 11.2. The van der Waals surface area contributed by atoms with E-state index in [2.05, 4.69) is 12.0 Å². The van der Waals surface area contributed by atoms with Crippen LogP contribution < -0.4 is 0 Å². The molecule has 4 heteroatoms. The van der Waals surface area contributed by atoms with Crippen LogP contribution in [0.5, 0.6) is 0 Å². The van der Waals surface area contributed by atoms with Crippen molar-refractivity contribution in [3.8, 4) is 0 Å². The van der Waals surface area contributed by atoms with Crippen molar-refractivity contribution in [3.63, 3.8) is 0 Å². The van der Waals surface area contributed by atoms with Gasteiger partial charge in [0, 0.05) is 12.5 Å². The van der Waals surface area contributed by atoms with Crippen LogP contribution >= 0.6 is 0 Å². The summed E-state index contributed by atoms with van der Waals surface area (Å²) in [5.74, 6) is -0.902. The molecule has 0 spiro atoms. The largest absolute Gasteiger partial charge is 0.477 e. The fraction of sp³-hybridized carbons (Fsp3) is 0.667. The summed E-state index contributed by atoms with van der Waals surface area (Å²) in [6, 6.07) is 1.73. The Hall–Kier alpha value is -1.32. The fourth-order valence-electron chi connectivity index (χ4n) is 2.55. The molecule has 1 saturated carbocycles. The Kier molecular flexibility index (Phi) is 2.74. The van der Waals surface area contributed by atoms with E-state index in [4.69, 9.17) is 5.11 Å². The van der Waals surface area contributed by atoms with Gasteiger partial charge in [-0.05, 0) is 18.9 Å². The molecule has 1 aliphatic carbocycles. The van der Waals surface area contributed by atoms with Crippen molar-refractivity contribution in [2.45, 2.75) is 44.4 Å². The van der Waals surface area contributed by atoms with Crippen molar-refractivity contribution in [2.24, 2.45) is 7.05 Å². The lowest BCUT2D eigenvalue weighted by atomic mass is 9.73. The zero-order valence-electron chi connectivity index (χ0n) is 9.86. The predicted octanol–water partition coefficient (Wildman–Crippen LogP) is 2.34. The Labute approximate surface area is 95.3 Å². The molecule has 4 nitrogen and oxygen atoms in total. The summed E-state index contributed by atoms with van der Waals surface area (Å²) in [5.41, 5.74) is 1.29. The molecule has 0 aliphatic heterocycles. The fourth-order valence-corrected chi connectivity index (χ4v) is 2.55. The number of hydrogen-bond donors (Lipinski definition) is 1. The first-order chi connectivity index (χ1) is 7.53. The van der Waals surface area contributed by atoms with Crippen LogP contribution in [-0.4, -0.2) is 20.9 Å². The Morgan fingerprint density at radius 1 is 1.44 bits per heavy atom. The molecule has 0 aromatic carbocycles. The lowest BCUT2D eigenvalue weighted by molar-refractivity contribution is 0.0685. The van der Waals surface area contributed by atoms with E-state index in [1.54, 1.807) is 13.1 Å². The molecule has 0 atom stereocenters. The number of nitrogens with zero attached hydrogens (tertiary/aromatic N) is 2. The smallest absolute Gasteiger partial charge is 0.354 e. The highest BCUT2D eigenvalue weighted by molar-refractivity contribution is 5.85. The number of hydrogen-bond acceptors (Lipinski definition) is 2. The number of carbonyl (C=O) groups is 1. The summed E-state index contributed by atoms with van der Waals surface area (Å²) >= 11 is 0. The quantitative estimate of drug-likeness (QED) is 0.835. The normalized spacial score (nSPS) is 19.6. The van der Waals surface area contributed by atoms with Crippen molar-refractivity contribution in [1.29, 1.82) is 0 Å². The zero-order chi connectivity index (χ0) is 11.8. The summed E-state index contributed by atoms with van der Waals surface area (Å²) in [5, 5.41) is 13.4. The number of rotatable bonds is 2. The van der Waals surface area contributed by atoms with Crippen molar-refractivity contribution in [1.82, 2.24) is 9.78 Å². The Balaban J connectivity index is 2.33. The maximum Gasteiger partial charge on any atom is 0.354 e. The molecule has 1 aromatic heterocycles. The molecular formula is C12H18N2O2. The van der Waals surface area contributed by atoms with Gasteiger partial charge in [0.05, 0.1) is 5.69 Å². The molecule has 0 radical (unpaired) electrons. The number of aromatic carboxylic acids is 1. The molecule has 1 aliphatic rings. The van der Waals surface area contributed by atoms with Gasteiger partial charge >= 0.3 is 5.97 Å². The summed E-state index contributed by atoms with van der Waals surface area (Å²) < 4.78 is 1.47. The maximum atomic E-state index is 11.0. The SMILES string of the molecule is Cn1nc(C2(C)CCCCC2)cc1C(=O)O. The molecule has 1 aromatic rings. The van der Waals surface area contributed by atoms with Gasteiger partial charge in [-0.2, -0.15) is 5.10 Å². The Morgan fingerprint density at radius 3 is 2.56 bits per heavy atom. The minimum Gasteiger partial charge on any atom is -0.477 e. The van der Waals surface area contributed by atoms with Crippen LogP contribution in [0.1, 0.15) is 55.2 Å². The Morgan fingerprint density at radius 2 is 2.06 bits per heavy atom. The number of aromatic nitrogens is 2. The molecular weight excluding hydrogens is 204 g/mol. The highest BCUT2D eigenvalue weighted by Crippen LogP contribution is 2.38. The van der Waals surface area contributed by atoms with E-state index in [1.165, 1.54) is 23.9 Å². The number of carboxylic acids is 1. The summed E-state index contributed by atoms with van der Waals surface area (Å²) in [6.07, 6.45) is 5.95. The predicted molar refractivity (Wildman–Crippen MR) is 60.6 cm³/mol. The van der Waals surface area contributed by atoms with Crippen molar-refractivity contribution in [2.75, 3.05) is 0 Å². The molecule has 0 bridgehead atoms. The monoisotopic (exact) mass is 222 g/mol. The number of aryl methyl sites for hydroxylation is 1. The molecule has 2 rings (SSSR count). The summed E-state index contributed by atoms with van der Waals surface area (Å²) in [7, 11) is 1.69. The Bertz CT molecular complexity index is 403. The minimum absolute atomic E-state index is 0.0731. The van der Waals surface area contributed by atoms with Gasteiger partial charge in [0.1, 0.15) is 5.69 Å². The van der Waals surface area contributed by atoms with E-state index in [0.29, 0.717) is 0 Å². The molecule has 0 amide bonds. The highest BCUT2D eigenvalue weighted by Gasteiger charge is 2.32. The van der Waals surface area contributed by atoms with Gasteiger partial charge in [-0.1, -0.05) is 26.2 Å². The zero-order valence-corrected chi connectivity index (χ0v) is 9.86. The minimum atomic E-state index is -0.902. The third-order valence-corrected chi connectivity index (χ3v) is 3.67. The molecule has 0 unspecified atom stereocenters. The van der Waals surface area contributed by atoms with Crippen molar-refractivity contribution >= 4 is 5.97 Å². The third kappa shape index (κ3) is 1.84. The van der Waals surface area contributed by atoms with Gasteiger partial charge in [0.2, 0.25) is 0 Å². The van der Waals surface area contributed by atoms with Crippen molar-refractivity contribution < 1.29 is 9.90 Å². The van der Waals surface area contributed by atoms with E-state index >= 15 is 0 Å². The second-order valence-electron chi connectivity index (χ2n) is 4.96.